The monoisotopic (exact) mass is 509 g/mol. The molecule has 5 heterocycles. The van der Waals surface area contributed by atoms with E-state index in [1.54, 1.807) is 6.07 Å². The number of hydrogen-bond acceptors (Lipinski definition) is 5. The van der Waals surface area contributed by atoms with Gasteiger partial charge in [-0.3, -0.25) is 9.36 Å². The number of carbonyl (C=O) groups is 1. The lowest BCUT2D eigenvalue weighted by atomic mass is 10.1. The molecule has 0 unspecified atom stereocenters. The van der Waals surface area contributed by atoms with E-state index in [1.807, 2.05) is 0 Å². The van der Waals surface area contributed by atoms with Crippen molar-refractivity contribution >= 4 is 29.5 Å². The molecule has 0 radical (unpaired) electrons. The Bertz CT molecular complexity index is 1440. The summed E-state index contributed by atoms with van der Waals surface area (Å²) in [5.41, 5.74) is -1.22. The Morgan fingerprint density at radius 1 is 1.11 bits per heavy atom. The molecule has 13 heteroatoms. The Labute approximate surface area is 196 Å². The van der Waals surface area contributed by atoms with E-state index >= 15 is 0 Å². The molecule has 184 valence electrons. The van der Waals surface area contributed by atoms with Gasteiger partial charge in [0.25, 0.3) is 5.91 Å². The number of imidazole rings is 1. The second-order valence-electron chi connectivity index (χ2n) is 8.70. The molecular formula is C22H20F4N5O3P. The van der Waals surface area contributed by atoms with Crippen LogP contribution in [0.2, 0.25) is 0 Å². The van der Waals surface area contributed by atoms with Crippen molar-refractivity contribution in [3.63, 3.8) is 0 Å². The van der Waals surface area contributed by atoms with Crippen LogP contribution in [0, 0.1) is 0 Å². The molecule has 3 aromatic heterocycles. The molecule has 0 aliphatic carbocycles. The van der Waals surface area contributed by atoms with E-state index in [-0.39, 0.29) is 24.4 Å². The molecular weight excluding hydrogens is 489 g/mol. The zero-order chi connectivity index (χ0) is 25.1. The molecule has 0 N–H and O–H groups in total. The molecule has 2 aliphatic heterocycles. The standard InChI is InChI=1S/C22H20F4N5O3P/c1-13(23)20(32)29-11-15(12-29)30-18-16(35(34)8-2-3-9-35)6-7-27-19(18)31(21(30)33)14-4-5-17(28-10-14)22(24,25)26/h4-7,10,15H,1-3,8-9,11-12H2. The highest BCUT2D eigenvalue weighted by Crippen LogP contribution is 2.52. The van der Waals surface area contributed by atoms with Crippen LogP contribution in [0.15, 0.2) is 47.8 Å². The SMILES string of the molecule is C=C(F)C(=O)N1CC(n2c(=O)n(-c3ccc(C(F)(F)F)nc3)c3nccc(P4(=O)CCCC4)c32)C1. The Morgan fingerprint density at radius 3 is 2.37 bits per heavy atom. The topological polar surface area (TPSA) is 90.1 Å². The molecule has 0 spiro atoms. The lowest BCUT2D eigenvalue weighted by Crippen LogP contribution is -2.53. The van der Waals surface area contributed by atoms with E-state index in [9.17, 15) is 31.7 Å². The number of likely N-dealkylation sites (tertiary alicyclic amines) is 1. The van der Waals surface area contributed by atoms with Crippen LogP contribution >= 0.6 is 7.14 Å². The van der Waals surface area contributed by atoms with Crippen molar-refractivity contribution in [2.45, 2.75) is 25.1 Å². The minimum absolute atomic E-state index is 0.0185. The van der Waals surface area contributed by atoms with Crippen molar-refractivity contribution < 1.29 is 26.9 Å². The maximum absolute atomic E-state index is 13.8. The molecule has 1 amide bonds. The van der Waals surface area contributed by atoms with Crippen LogP contribution in [-0.2, 0) is 15.5 Å². The van der Waals surface area contributed by atoms with Gasteiger partial charge in [-0.15, -0.1) is 0 Å². The van der Waals surface area contributed by atoms with Crippen molar-refractivity contribution in [1.29, 1.82) is 0 Å². The lowest BCUT2D eigenvalue weighted by molar-refractivity contribution is -0.141. The van der Waals surface area contributed by atoms with Gasteiger partial charge in [0, 0.05) is 36.9 Å². The molecule has 0 bridgehead atoms. The van der Waals surface area contributed by atoms with E-state index in [2.05, 4.69) is 16.5 Å². The van der Waals surface area contributed by atoms with E-state index in [0.717, 1.165) is 35.7 Å². The van der Waals surface area contributed by atoms with Crippen LogP contribution < -0.4 is 11.0 Å². The molecule has 2 fully saturated rings. The zero-order valence-corrected chi connectivity index (χ0v) is 19.2. The predicted molar refractivity (Wildman–Crippen MR) is 120 cm³/mol. The fourth-order valence-electron chi connectivity index (χ4n) is 4.75. The second-order valence-corrected chi connectivity index (χ2v) is 11.9. The summed E-state index contributed by atoms with van der Waals surface area (Å²) in [6, 6.07) is 2.94. The third kappa shape index (κ3) is 3.80. The number of hydrogen-bond donors (Lipinski definition) is 0. The van der Waals surface area contributed by atoms with Crippen LogP contribution in [-0.4, -0.2) is 55.3 Å². The van der Waals surface area contributed by atoms with Gasteiger partial charge >= 0.3 is 11.9 Å². The first kappa shape index (κ1) is 23.5. The van der Waals surface area contributed by atoms with E-state index < -0.39 is 42.5 Å². The van der Waals surface area contributed by atoms with E-state index in [1.165, 1.54) is 15.7 Å². The summed E-state index contributed by atoms with van der Waals surface area (Å²) in [5, 5.41) is 0.482. The largest absolute Gasteiger partial charge is 0.433 e. The summed E-state index contributed by atoms with van der Waals surface area (Å²) in [5.74, 6) is -2.00. The summed E-state index contributed by atoms with van der Waals surface area (Å²) < 4.78 is 68.6. The number of halogens is 4. The highest BCUT2D eigenvalue weighted by molar-refractivity contribution is 7.72. The first-order valence-electron chi connectivity index (χ1n) is 10.9. The summed E-state index contributed by atoms with van der Waals surface area (Å²) in [4.78, 5) is 34.5. The summed E-state index contributed by atoms with van der Waals surface area (Å²) >= 11 is 0. The number of pyridine rings is 2. The fourth-order valence-corrected chi connectivity index (χ4v) is 7.86. The van der Waals surface area contributed by atoms with E-state index in [0.29, 0.717) is 23.1 Å². The number of carbonyl (C=O) groups excluding carboxylic acids is 1. The summed E-state index contributed by atoms with van der Waals surface area (Å²) in [6.07, 6.45) is 0.223. The Hall–Kier alpha value is -3.27. The van der Waals surface area contributed by atoms with Gasteiger partial charge in [0.15, 0.2) is 11.5 Å². The Balaban J connectivity index is 1.69. The van der Waals surface area contributed by atoms with Gasteiger partial charge in [-0.1, -0.05) is 6.58 Å². The Morgan fingerprint density at radius 2 is 1.80 bits per heavy atom. The zero-order valence-electron chi connectivity index (χ0n) is 18.3. The first-order chi connectivity index (χ1) is 16.5. The fraction of sp³-hybridized carbons (Fsp3) is 0.364. The number of amides is 1. The molecule has 8 nitrogen and oxygen atoms in total. The first-order valence-corrected chi connectivity index (χ1v) is 13.0. The predicted octanol–water partition coefficient (Wildman–Crippen LogP) is 3.25. The Kier molecular flexibility index (Phi) is 5.47. The molecule has 2 aliphatic rings. The summed E-state index contributed by atoms with van der Waals surface area (Å²) in [7, 11) is -2.83. The summed E-state index contributed by atoms with van der Waals surface area (Å²) in [6.45, 7) is 3.04. The van der Waals surface area contributed by atoms with Gasteiger partial charge in [0.05, 0.1) is 17.9 Å². The van der Waals surface area contributed by atoms with E-state index in [4.69, 9.17) is 0 Å². The van der Waals surface area contributed by atoms with Crippen LogP contribution in [0.3, 0.4) is 0 Å². The number of aromatic nitrogens is 4. The molecule has 3 aromatic rings. The van der Waals surface area contributed by atoms with Gasteiger partial charge in [-0.25, -0.2) is 23.7 Å². The normalized spacial score (nSPS) is 18.1. The van der Waals surface area contributed by atoms with Crippen LogP contribution in [0.4, 0.5) is 17.6 Å². The number of nitrogens with zero attached hydrogens (tertiary/aromatic N) is 5. The smallest absolute Gasteiger partial charge is 0.332 e. The minimum Gasteiger partial charge on any atom is -0.332 e. The highest BCUT2D eigenvalue weighted by atomic mass is 31.2. The van der Waals surface area contributed by atoms with Gasteiger partial charge in [0.1, 0.15) is 18.4 Å². The average molecular weight is 509 g/mol. The minimum atomic E-state index is -4.65. The maximum atomic E-state index is 13.8. The molecule has 0 saturated carbocycles. The van der Waals surface area contributed by atoms with Crippen molar-refractivity contribution in [2.75, 3.05) is 25.4 Å². The van der Waals surface area contributed by atoms with Gasteiger partial charge in [0.2, 0.25) is 0 Å². The van der Waals surface area contributed by atoms with Crippen molar-refractivity contribution in [3.8, 4) is 5.69 Å². The molecule has 0 atom stereocenters. The molecule has 35 heavy (non-hydrogen) atoms. The van der Waals surface area contributed by atoms with Crippen molar-refractivity contribution in [3.05, 3.63) is 59.2 Å². The number of fused-ring (bicyclic) bond motifs is 1. The lowest BCUT2D eigenvalue weighted by Gasteiger charge is -2.39. The van der Waals surface area contributed by atoms with Gasteiger partial charge < -0.3 is 9.46 Å². The van der Waals surface area contributed by atoms with Gasteiger partial charge in [-0.05, 0) is 31.0 Å². The highest BCUT2D eigenvalue weighted by Gasteiger charge is 2.39. The molecule has 0 aromatic carbocycles. The molecule has 5 rings (SSSR count). The van der Waals surface area contributed by atoms with Crippen molar-refractivity contribution in [1.82, 2.24) is 24.0 Å². The third-order valence-corrected chi connectivity index (χ3v) is 9.82. The molecule has 2 saturated heterocycles. The van der Waals surface area contributed by atoms with Gasteiger partial charge in [-0.2, -0.15) is 13.2 Å². The maximum Gasteiger partial charge on any atom is 0.433 e. The third-order valence-electron chi connectivity index (χ3n) is 6.50. The van der Waals surface area contributed by atoms with Crippen molar-refractivity contribution in [2.24, 2.45) is 0 Å². The number of alkyl halides is 3. The second kappa shape index (κ2) is 8.15. The van der Waals surface area contributed by atoms with Crippen LogP contribution in [0.25, 0.3) is 16.9 Å². The van der Waals surface area contributed by atoms with Crippen LogP contribution in [0.1, 0.15) is 24.6 Å². The number of rotatable bonds is 4. The quantitative estimate of drug-likeness (QED) is 0.306. The van der Waals surface area contributed by atoms with Crippen LogP contribution in [0.5, 0.6) is 0 Å². The average Bonchev–Trinajstić information content (AvgIpc) is 3.34.